The van der Waals surface area contributed by atoms with E-state index >= 15 is 0 Å². The first-order valence-corrected chi connectivity index (χ1v) is 7.38. The molecule has 0 unspecified atom stereocenters. The molecule has 0 atom stereocenters. The van der Waals surface area contributed by atoms with Gasteiger partial charge in [-0.05, 0) is 18.6 Å². The normalized spacial score (nSPS) is 9.95. The number of ether oxygens (including phenoxy) is 1. The van der Waals surface area contributed by atoms with E-state index in [1.807, 2.05) is 0 Å². The molecule has 2 nitrogen and oxygen atoms in total. The average Bonchev–Trinajstić information content (AvgIpc) is 2.43. The molecule has 1 aromatic rings. The van der Waals surface area contributed by atoms with Crippen molar-refractivity contribution in [3.8, 4) is 17.6 Å². The zero-order valence-corrected chi connectivity index (χ0v) is 12.3. The van der Waals surface area contributed by atoms with Crippen molar-refractivity contribution in [2.45, 2.75) is 45.4 Å². The van der Waals surface area contributed by atoms with Crippen molar-refractivity contribution in [1.82, 2.24) is 0 Å². The van der Waals surface area contributed by atoms with Crippen molar-refractivity contribution in [2.24, 2.45) is 5.73 Å². The van der Waals surface area contributed by atoms with Gasteiger partial charge < -0.3 is 10.5 Å². The largest absolute Gasteiger partial charge is 0.493 e. The summed E-state index contributed by atoms with van der Waals surface area (Å²) in [6.07, 6.45) is 7.25. The Kier molecular flexibility index (Phi) is 8.49. The van der Waals surface area contributed by atoms with Crippen LogP contribution in [0.4, 0.5) is 4.39 Å². The lowest BCUT2D eigenvalue weighted by Crippen LogP contribution is -1.98. The van der Waals surface area contributed by atoms with E-state index in [0.717, 1.165) is 12.8 Å². The average molecular weight is 277 g/mol. The summed E-state index contributed by atoms with van der Waals surface area (Å²) in [5.41, 5.74) is 5.91. The van der Waals surface area contributed by atoms with Gasteiger partial charge in [0.25, 0.3) is 0 Å². The molecule has 0 saturated heterocycles. The summed E-state index contributed by atoms with van der Waals surface area (Å²) in [5.74, 6) is 5.74. The number of halogens is 1. The first-order valence-electron chi connectivity index (χ1n) is 7.38. The van der Waals surface area contributed by atoms with Crippen LogP contribution in [0.25, 0.3) is 0 Å². The van der Waals surface area contributed by atoms with Gasteiger partial charge in [-0.25, -0.2) is 4.39 Å². The SMILES string of the molecule is CCCCCCCCOc1cc(F)cc(C#CCN)c1. The van der Waals surface area contributed by atoms with Crippen molar-refractivity contribution in [3.63, 3.8) is 0 Å². The Morgan fingerprint density at radius 1 is 1.10 bits per heavy atom. The van der Waals surface area contributed by atoms with Gasteiger partial charge in [-0.2, -0.15) is 0 Å². The third-order valence-electron chi connectivity index (χ3n) is 2.97. The van der Waals surface area contributed by atoms with Crippen LogP contribution < -0.4 is 10.5 Å². The third kappa shape index (κ3) is 7.16. The van der Waals surface area contributed by atoms with Gasteiger partial charge in [-0.1, -0.05) is 50.9 Å². The first-order chi connectivity index (χ1) is 9.76. The summed E-state index contributed by atoms with van der Waals surface area (Å²) < 4.78 is 19.0. The molecule has 0 fully saturated rings. The molecule has 0 radical (unpaired) electrons. The van der Waals surface area contributed by atoms with E-state index in [0.29, 0.717) is 17.9 Å². The second-order valence-corrected chi connectivity index (χ2v) is 4.80. The van der Waals surface area contributed by atoms with Crippen molar-refractivity contribution in [3.05, 3.63) is 29.6 Å². The fourth-order valence-electron chi connectivity index (χ4n) is 1.94. The second kappa shape index (κ2) is 10.3. The monoisotopic (exact) mass is 277 g/mol. The van der Waals surface area contributed by atoms with Crippen molar-refractivity contribution >= 4 is 0 Å². The molecule has 2 N–H and O–H groups in total. The molecule has 20 heavy (non-hydrogen) atoms. The molecule has 0 aliphatic rings. The van der Waals surface area contributed by atoms with E-state index in [4.69, 9.17) is 10.5 Å². The molecular weight excluding hydrogens is 253 g/mol. The summed E-state index contributed by atoms with van der Waals surface area (Å²) in [7, 11) is 0. The molecule has 0 heterocycles. The van der Waals surface area contributed by atoms with Gasteiger partial charge >= 0.3 is 0 Å². The molecule has 0 aliphatic carbocycles. The van der Waals surface area contributed by atoms with Crippen LogP contribution in [-0.2, 0) is 0 Å². The molecule has 0 aromatic heterocycles. The van der Waals surface area contributed by atoms with Gasteiger partial charge in [-0.15, -0.1) is 0 Å². The van der Waals surface area contributed by atoms with Crippen LogP contribution in [0, 0.1) is 17.7 Å². The third-order valence-corrected chi connectivity index (χ3v) is 2.97. The van der Waals surface area contributed by atoms with Crippen LogP contribution in [0.5, 0.6) is 5.75 Å². The highest BCUT2D eigenvalue weighted by Gasteiger charge is 2.00. The zero-order chi connectivity index (χ0) is 14.6. The molecule has 3 heteroatoms. The Labute approximate surface area is 121 Å². The lowest BCUT2D eigenvalue weighted by atomic mass is 10.1. The highest BCUT2D eigenvalue weighted by Crippen LogP contribution is 2.16. The molecule has 1 rings (SSSR count). The van der Waals surface area contributed by atoms with Crippen LogP contribution in [0.2, 0.25) is 0 Å². The predicted molar refractivity (Wildman–Crippen MR) is 81.2 cm³/mol. The number of benzene rings is 1. The summed E-state index contributed by atoms with van der Waals surface area (Å²) in [4.78, 5) is 0. The van der Waals surface area contributed by atoms with E-state index in [-0.39, 0.29) is 12.4 Å². The smallest absolute Gasteiger partial charge is 0.128 e. The Morgan fingerprint density at radius 3 is 2.60 bits per heavy atom. The molecule has 0 spiro atoms. The molecule has 0 bridgehead atoms. The molecule has 0 amide bonds. The van der Waals surface area contributed by atoms with Crippen LogP contribution in [0.3, 0.4) is 0 Å². The van der Waals surface area contributed by atoms with Crippen molar-refractivity contribution < 1.29 is 9.13 Å². The van der Waals surface area contributed by atoms with Gasteiger partial charge in [0.05, 0.1) is 13.2 Å². The maximum absolute atomic E-state index is 13.4. The Bertz CT molecular complexity index is 448. The highest BCUT2D eigenvalue weighted by atomic mass is 19.1. The van der Waals surface area contributed by atoms with Gasteiger partial charge in [0, 0.05) is 11.6 Å². The highest BCUT2D eigenvalue weighted by molar-refractivity contribution is 5.40. The quantitative estimate of drug-likeness (QED) is 0.578. The maximum Gasteiger partial charge on any atom is 0.128 e. The van der Waals surface area contributed by atoms with Crippen LogP contribution in [0.15, 0.2) is 18.2 Å². The zero-order valence-electron chi connectivity index (χ0n) is 12.3. The van der Waals surface area contributed by atoms with E-state index < -0.39 is 0 Å². The van der Waals surface area contributed by atoms with Crippen LogP contribution in [-0.4, -0.2) is 13.2 Å². The minimum Gasteiger partial charge on any atom is -0.493 e. The van der Waals surface area contributed by atoms with Gasteiger partial charge in [-0.3, -0.25) is 0 Å². The van der Waals surface area contributed by atoms with Crippen molar-refractivity contribution in [2.75, 3.05) is 13.2 Å². The van der Waals surface area contributed by atoms with Gasteiger partial charge in [0.15, 0.2) is 0 Å². The Balaban J connectivity index is 2.34. The van der Waals surface area contributed by atoms with E-state index in [1.54, 1.807) is 6.07 Å². The summed E-state index contributed by atoms with van der Waals surface area (Å²) in [6.45, 7) is 3.10. The number of hydrogen-bond acceptors (Lipinski definition) is 2. The van der Waals surface area contributed by atoms with Gasteiger partial charge in [0.2, 0.25) is 0 Å². The van der Waals surface area contributed by atoms with Crippen molar-refractivity contribution in [1.29, 1.82) is 0 Å². The van der Waals surface area contributed by atoms with E-state index in [2.05, 4.69) is 18.8 Å². The molecular formula is C17H24FNO. The minimum absolute atomic E-state index is 0.268. The predicted octanol–water partition coefficient (Wildman–Crippen LogP) is 3.88. The summed E-state index contributed by atoms with van der Waals surface area (Å²) >= 11 is 0. The van der Waals surface area contributed by atoms with Crippen LogP contribution in [0.1, 0.15) is 51.0 Å². The standard InChI is InChI=1S/C17H24FNO/c1-2-3-4-5-6-7-11-20-17-13-15(9-8-10-19)12-16(18)14-17/h12-14H,2-7,10-11,19H2,1H3. The Morgan fingerprint density at radius 2 is 1.85 bits per heavy atom. The van der Waals surface area contributed by atoms with E-state index in [1.165, 1.54) is 37.8 Å². The molecule has 1 aromatic carbocycles. The number of unbranched alkanes of at least 4 members (excludes halogenated alkanes) is 5. The minimum atomic E-state index is -0.327. The fraction of sp³-hybridized carbons (Fsp3) is 0.529. The lowest BCUT2D eigenvalue weighted by molar-refractivity contribution is 0.303. The first kappa shape index (κ1) is 16.5. The fourth-order valence-corrected chi connectivity index (χ4v) is 1.94. The van der Waals surface area contributed by atoms with Gasteiger partial charge in [0.1, 0.15) is 11.6 Å². The Hall–Kier alpha value is -1.53. The number of rotatable bonds is 8. The van der Waals surface area contributed by atoms with E-state index in [9.17, 15) is 4.39 Å². The lowest BCUT2D eigenvalue weighted by Gasteiger charge is -2.07. The van der Waals surface area contributed by atoms with Crippen LogP contribution >= 0.6 is 0 Å². The second-order valence-electron chi connectivity index (χ2n) is 4.80. The molecule has 0 aliphatic heterocycles. The summed E-state index contributed by atoms with van der Waals surface area (Å²) in [5, 5.41) is 0. The maximum atomic E-state index is 13.4. The topological polar surface area (TPSA) is 35.2 Å². The molecule has 0 saturated carbocycles. The summed E-state index contributed by atoms with van der Waals surface area (Å²) in [6, 6.07) is 4.54. The number of hydrogen-bond donors (Lipinski definition) is 1. The number of nitrogens with two attached hydrogens (primary N) is 1. The molecule has 110 valence electrons.